The van der Waals surface area contributed by atoms with Crippen LogP contribution in [0.3, 0.4) is 0 Å². The highest BCUT2D eigenvalue weighted by Crippen LogP contribution is 2.38. The fourth-order valence-electron chi connectivity index (χ4n) is 2.45. The van der Waals surface area contributed by atoms with Gasteiger partial charge in [0.1, 0.15) is 6.10 Å². The molecule has 3 nitrogen and oxygen atoms in total. The van der Waals surface area contributed by atoms with Gasteiger partial charge in [0.15, 0.2) is 0 Å². The molecule has 3 rings (SSSR count). The van der Waals surface area contributed by atoms with Gasteiger partial charge in [-0.1, -0.05) is 6.07 Å². The monoisotopic (exact) mass is 226 g/mol. The average Bonchev–Trinajstić information content (AvgIpc) is 2.28. The summed E-state index contributed by atoms with van der Waals surface area (Å²) in [6.45, 7) is 2.21. The van der Waals surface area contributed by atoms with Crippen LogP contribution in [0, 0.1) is 11.8 Å². The molecule has 3 atom stereocenters. The SMILES string of the molecule is Cl.c1ccc(OC2[C@@H]3CNC[C@H]2C3)nc1. The zero-order chi connectivity index (χ0) is 9.38. The highest BCUT2D eigenvalue weighted by Gasteiger charge is 2.45. The third-order valence-corrected chi connectivity index (χ3v) is 3.24. The van der Waals surface area contributed by atoms with Crippen LogP contribution in [0.2, 0.25) is 0 Å². The van der Waals surface area contributed by atoms with Crippen molar-refractivity contribution in [1.29, 1.82) is 0 Å². The summed E-state index contributed by atoms with van der Waals surface area (Å²) in [4.78, 5) is 4.19. The quantitative estimate of drug-likeness (QED) is 0.830. The van der Waals surface area contributed by atoms with Crippen molar-refractivity contribution in [3.05, 3.63) is 24.4 Å². The molecular weight excluding hydrogens is 212 g/mol. The number of nitrogens with one attached hydrogen (secondary N) is 1. The lowest BCUT2D eigenvalue weighted by molar-refractivity contribution is -0.0470. The third kappa shape index (κ3) is 1.94. The fraction of sp³-hybridized carbons (Fsp3) is 0.545. The predicted molar refractivity (Wildman–Crippen MR) is 60.4 cm³/mol. The Kier molecular flexibility index (Phi) is 3.12. The summed E-state index contributed by atoms with van der Waals surface area (Å²) in [5.41, 5.74) is 0. The van der Waals surface area contributed by atoms with Crippen LogP contribution in [0.4, 0.5) is 0 Å². The van der Waals surface area contributed by atoms with Gasteiger partial charge in [-0.2, -0.15) is 0 Å². The molecule has 0 aromatic carbocycles. The van der Waals surface area contributed by atoms with E-state index in [4.69, 9.17) is 4.74 Å². The molecule has 1 saturated carbocycles. The zero-order valence-electron chi connectivity index (χ0n) is 8.43. The van der Waals surface area contributed by atoms with Gasteiger partial charge in [-0.25, -0.2) is 4.98 Å². The molecule has 0 amide bonds. The molecule has 1 aliphatic heterocycles. The summed E-state index contributed by atoms with van der Waals surface area (Å²) in [5, 5.41) is 3.40. The lowest BCUT2D eigenvalue weighted by Gasteiger charge is -2.48. The van der Waals surface area contributed by atoms with Crippen LogP contribution in [0.1, 0.15) is 6.42 Å². The minimum absolute atomic E-state index is 0. The fourth-order valence-corrected chi connectivity index (χ4v) is 2.45. The summed E-state index contributed by atoms with van der Waals surface area (Å²) < 4.78 is 5.87. The molecule has 2 fully saturated rings. The molecule has 4 heteroatoms. The summed E-state index contributed by atoms with van der Waals surface area (Å²) in [6, 6.07) is 5.81. The van der Waals surface area contributed by atoms with Crippen molar-refractivity contribution in [2.75, 3.05) is 13.1 Å². The molecule has 1 unspecified atom stereocenters. The minimum Gasteiger partial charge on any atom is -0.474 e. The van der Waals surface area contributed by atoms with Crippen LogP contribution in [0.5, 0.6) is 5.88 Å². The Hall–Kier alpha value is -0.800. The summed E-state index contributed by atoms with van der Waals surface area (Å²) in [5.74, 6) is 2.18. The molecule has 1 aliphatic carbocycles. The number of rotatable bonds is 2. The maximum atomic E-state index is 5.87. The number of nitrogens with zero attached hydrogens (tertiary/aromatic N) is 1. The molecular formula is C11H15ClN2O. The average molecular weight is 227 g/mol. The van der Waals surface area contributed by atoms with Crippen molar-refractivity contribution in [3.8, 4) is 5.88 Å². The van der Waals surface area contributed by atoms with E-state index in [0.717, 1.165) is 19.0 Å². The summed E-state index contributed by atoms with van der Waals surface area (Å²) in [6.07, 6.45) is 3.51. The van der Waals surface area contributed by atoms with E-state index in [2.05, 4.69) is 10.3 Å². The summed E-state index contributed by atoms with van der Waals surface area (Å²) in [7, 11) is 0. The minimum atomic E-state index is 0. The Labute approximate surface area is 95.6 Å². The predicted octanol–water partition coefficient (Wildman–Crippen LogP) is 1.49. The van der Waals surface area contributed by atoms with Gasteiger partial charge >= 0.3 is 0 Å². The van der Waals surface area contributed by atoms with Gasteiger partial charge in [0.25, 0.3) is 0 Å². The smallest absolute Gasteiger partial charge is 0.213 e. The molecule has 2 aliphatic rings. The van der Waals surface area contributed by atoms with Crippen molar-refractivity contribution in [3.63, 3.8) is 0 Å². The third-order valence-electron chi connectivity index (χ3n) is 3.24. The Bertz CT molecular complexity index is 306. The van der Waals surface area contributed by atoms with Gasteiger partial charge in [0, 0.05) is 37.2 Å². The number of hydrogen-bond donors (Lipinski definition) is 1. The largest absolute Gasteiger partial charge is 0.474 e. The van der Waals surface area contributed by atoms with E-state index in [9.17, 15) is 0 Å². The molecule has 2 bridgehead atoms. The Balaban J connectivity index is 0.000000853. The first kappa shape index (κ1) is 10.7. The lowest BCUT2D eigenvalue weighted by atomic mass is 9.69. The number of pyridine rings is 1. The molecule has 0 radical (unpaired) electrons. The second-order valence-corrected chi connectivity index (χ2v) is 4.16. The molecule has 0 spiro atoms. The molecule has 1 saturated heterocycles. The van der Waals surface area contributed by atoms with Gasteiger partial charge in [-0.15, -0.1) is 12.4 Å². The van der Waals surface area contributed by atoms with Crippen molar-refractivity contribution in [2.24, 2.45) is 11.8 Å². The number of hydrogen-bond acceptors (Lipinski definition) is 3. The highest BCUT2D eigenvalue weighted by atomic mass is 35.5. The van der Waals surface area contributed by atoms with E-state index in [1.54, 1.807) is 6.20 Å². The number of aromatic nitrogens is 1. The first-order valence-electron chi connectivity index (χ1n) is 5.22. The van der Waals surface area contributed by atoms with Crippen LogP contribution >= 0.6 is 12.4 Å². The van der Waals surface area contributed by atoms with E-state index in [-0.39, 0.29) is 12.4 Å². The summed E-state index contributed by atoms with van der Waals surface area (Å²) >= 11 is 0. The number of piperidine rings is 2. The van der Waals surface area contributed by atoms with E-state index < -0.39 is 0 Å². The molecule has 1 aromatic rings. The van der Waals surface area contributed by atoms with Crippen molar-refractivity contribution < 1.29 is 4.74 Å². The van der Waals surface area contributed by atoms with Gasteiger partial charge in [-0.05, 0) is 12.5 Å². The molecule has 15 heavy (non-hydrogen) atoms. The molecule has 1 aromatic heterocycles. The van der Waals surface area contributed by atoms with Gasteiger partial charge in [-0.3, -0.25) is 0 Å². The maximum absolute atomic E-state index is 5.87. The Morgan fingerprint density at radius 1 is 1.27 bits per heavy atom. The van der Waals surface area contributed by atoms with E-state index >= 15 is 0 Å². The molecule has 82 valence electrons. The number of ether oxygens (including phenoxy) is 1. The second-order valence-electron chi connectivity index (χ2n) is 4.16. The van der Waals surface area contributed by atoms with Crippen LogP contribution in [-0.4, -0.2) is 24.2 Å². The highest BCUT2D eigenvalue weighted by molar-refractivity contribution is 5.85. The first-order chi connectivity index (χ1) is 6.93. The maximum Gasteiger partial charge on any atom is 0.213 e. The molecule has 1 N–H and O–H groups in total. The van der Waals surface area contributed by atoms with E-state index in [1.807, 2.05) is 18.2 Å². The van der Waals surface area contributed by atoms with Gasteiger partial charge in [0.2, 0.25) is 5.88 Å². The number of fused-ring (bicyclic) bond motifs is 2. The molecule has 2 heterocycles. The van der Waals surface area contributed by atoms with E-state index in [1.165, 1.54) is 6.42 Å². The Morgan fingerprint density at radius 2 is 2.07 bits per heavy atom. The van der Waals surface area contributed by atoms with E-state index in [0.29, 0.717) is 17.9 Å². The second kappa shape index (κ2) is 4.37. The van der Waals surface area contributed by atoms with Crippen LogP contribution in [0.15, 0.2) is 24.4 Å². The number of halogens is 1. The first-order valence-corrected chi connectivity index (χ1v) is 5.22. The topological polar surface area (TPSA) is 34.1 Å². The van der Waals surface area contributed by atoms with Gasteiger partial charge < -0.3 is 10.1 Å². The van der Waals surface area contributed by atoms with Crippen LogP contribution in [-0.2, 0) is 0 Å². The van der Waals surface area contributed by atoms with Crippen LogP contribution < -0.4 is 10.1 Å². The lowest BCUT2D eigenvalue weighted by Crippen LogP contribution is -2.59. The Morgan fingerprint density at radius 3 is 2.67 bits per heavy atom. The van der Waals surface area contributed by atoms with Gasteiger partial charge in [0.05, 0.1) is 0 Å². The van der Waals surface area contributed by atoms with Crippen molar-refractivity contribution in [1.82, 2.24) is 10.3 Å². The van der Waals surface area contributed by atoms with Crippen molar-refractivity contribution in [2.45, 2.75) is 12.5 Å². The van der Waals surface area contributed by atoms with Crippen molar-refractivity contribution >= 4 is 12.4 Å². The zero-order valence-corrected chi connectivity index (χ0v) is 9.24. The van der Waals surface area contributed by atoms with Crippen LogP contribution in [0.25, 0.3) is 0 Å². The standard InChI is InChI=1S/C11H14N2O.ClH/c1-2-4-13-10(3-1)14-11-8-5-9(11)7-12-6-8;/h1-4,8-9,11-12H,5-7H2;1H/t8-,9+,11?;. The normalized spacial score (nSPS) is 32.4.